The molecule has 420 valence electrons. The molecule has 0 saturated carbocycles. The van der Waals surface area contributed by atoms with Gasteiger partial charge in [-0.2, -0.15) is 0 Å². The lowest BCUT2D eigenvalue weighted by Crippen LogP contribution is -2.63. The van der Waals surface area contributed by atoms with E-state index in [2.05, 4.69) is 36.9 Å². The summed E-state index contributed by atoms with van der Waals surface area (Å²) in [5.41, 5.74) is 13.9. The van der Waals surface area contributed by atoms with E-state index >= 15 is 9.59 Å². The summed E-state index contributed by atoms with van der Waals surface area (Å²) in [5.74, 6) is -10.1. The van der Waals surface area contributed by atoms with Gasteiger partial charge in [0.1, 0.15) is 42.3 Å². The van der Waals surface area contributed by atoms with Gasteiger partial charge in [0, 0.05) is 66.0 Å². The lowest BCUT2D eigenvalue weighted by Gasteiger charge is -2.38. The highest BCUT2D eigenvalue weighted by Gasteiger charge is 2.44. The minimum Gasteiger partial charge on any atom is -0.481 e. The Balaban J connectivity index is 1.69. The Kier molecular flexibility index (Phi) is 22.2. The van der Waals surface area contributed by atoms with E-state index in [-0.39, 0.29) is 50.1 Å². The van der Waals surface area contributed by atoms with Crippen molar-refractivity contribution in [3.63, 3.8) is 0 Å². The van der Waals surface area contributed by atoms with Gasteiger partial charge >= 0.3 is 11.9 Å². The molecule has 0 bridgehead atoms. The number of amides is 7. The number of H-pyrrole nitrogens is 1. The van der Waals surface area contributed by atoms with Crippen LogP contribution >= 0.6 is 21.6 Å². The smallest absolute Gasteiger partial charge is 0.326 e. The molecule has 24 nitrogen and oxygen atoms in total. The van der Waals surface area contributed by atoms with Gasteiger partial charge in [-0.15, -0.1) is 0 Å². The molecule has 78 heavy (non-hydrogen) atoms. The number of aromatic nitrogens is 1. The van der Waals surface area contributed by atoms with Gasteiger partial charge in [-0.25, -0.2) is 4.79 Å². The van der Waals surface area contributed by atoms with Crippen molar-refractivity contribution in [2.45, 2.75) is 119 Å². The van der Waals surface area contributed by atoms with Gasteiger partial charge in [-0.1, -0.05) is 96.1 Å². The average molecular weight is 1120 g/mol. The molecule has 0 spiro atoms. The molecular formula is C52H67N11O13S2. The molecule has 0 aliphatic carbocycles. The van der Waals surface area contributed by atoms with Crippen molar-refractivity contribution in [1.82, 2.24) is 41.8 Å². The number of nitro benzene ring substituents is 1. The lowest BCUT2D eigenvalue weighted by molar-refractivity contribution is -0.384. The maximum atomic E-state index is 15.2. The number of nitrogens with two attached hydrogens (primary N) is 2. The predicted molar refractivity (Wildman–Crippen MR) is 292 cm³/mol. The van der Waals surface area contributed by atoms with Crippen LogP contribution < -0.4 is 43.4 Å². The van der Waals surface area contributed by atoms with Crippen LogP contribution in [0.15, 0.2) is 85.1 Å². The summed E-state index contributed by atoms with van der Waals surface area (Å²) >= 11 is 0. The zero-order chi connectivity index (χ0) is 57.4. The lowest BCUT2D eigenvalue weighted by atomic mass is 9.97. The Bertz CT molecular complexity index is 2820. The van der Waals surface area contributed by atoms with Gasteiger partial charge in [0.2, 0.25) is 41.4 Å². The number of hydrogen-bond acceptors (Lipinski definition) is 15. The van der Waals surface area contributed by atoms with Crippen molar-refractivity contribution < 1.29 is 58.3 Å². The van der Waals surface area contributed by atoms with Crippen LogP contribution in [-0.2, 0) is 62.4 Å². The number of carboxylic acids is 2. The Labute approximate surface area is 457 Å². The monoisotopic (exact) mass is 1120 g/mol. The van der Waals surface area contributed by atoms with Gasteiger partial charge in [0.15, 0.2) is 0 Å². The zero-order valence-corrected chi connectivity index (χ0v) is 45.3. The third-order valence-electron chi connectivity index (χ3n) is 13.0. The Morgan fingerprint density at radius 1 is 0.821 bits per heavy atom. The van der Waals surface area contributed by atoms with Gasteiger partial charge in [0.25, 0.3) is 5.69 Å². The predicted octanol–water partition coefficient (Wildman–Crippen LogP) is 1.29. The number of hydrogen-bond donors (Lipinski definition) is 11. The Hall–Kier alpha value is -7.55. The molecule has 4 aromatic rings. The van der Waals surface area contributed by atoms with Gasteiger partial charge in [-0.3, -0.25) is 48.5 Å². The number of nitrogens with one attached hydrogen (secondary N) is 7. The number of rotatable bonds is 18. The average Bonchev–Trinajstić information content (AvgIpc) is 3.83. The number of aliphatic carboxylic acids is 2. The van der Waals surface area contributed by atoms with Crippen LogP contribution in [0.25, 0.3) is 10.9 Å². The summed E-state index contributed by atoms with van der Waals surface area (Å²) in [6, 6.07) is 8.90. The van der Waals surface area contributed by atoms with E-state index < -0.39 is 124 Å². The topological polar surface area (TPSA) is 380 Å². The molecule has 7 amide bonds. The molecule has 3 aromatic carbocycles. The van der Waals surface area contributed by atoms with Crippen LogP contribution in [0.5, 0.6) is 0 Å². The van der Waals surface area contributed by atoms with E-state index in [4.69, 9.17) is 11.5 Å². The maximum absolute atomic E-state index is 15.2. The summed E-state index contributed by atoms with van der Waals surface area (Å²) in [6.07, 6.45) is 0.353. The van der Waals surface area contributed by atoms with Crippen LogP contribution in [0, 0.1) is 16.0 Å². The van der Waals surface area contributed by atoms with E-state index in [0.717, 1.165) is 26.5 Å². The second-order valence-corrected chi connectivity index (χ2v) is 22.7. The third kappa shape index (κ3) is 17.0. The molecule has 5 rings (SSSR count). The first-order valence-corrected chi connectivity index (χ1v) is 27.3. The first kappa shape index (κ1) is 61.3. The van der Waals surface area contributed by atoms with Crippen molar-refractivity contribution in [2.24, 2.45) is 17.4 Å². The molecule has 1 aliphatic heterocycles. The number of nitrogens with zero attached hydrogens (tertiary/aromatic N) is 2. The Morgan fingerprint density at radius 2 is 1.41 bits per heavy atom. The van der Waals surface area contributed by atoms with Gasteiger partial charge in [-0.05, 0) is 61.9 Å². The molecule has 8 atom stereocenters. The summed E-state index contributed by atoms with van der Waals surface area (Å²) in [7, 11) is 3.20. The number of fused-ring (bicyclic) bond motifs is 1. The van der Waals surface area contributed by atoms with Gasteiger partial charge in [0.05, 0.1) is 17.4 Å². The largest absolute Gasteiger partial charge is 0.481 e. The van der Waals surface area contributed by atoms with Crippen molar-refractivity contribution >= 4 is 91.5 Å². The first-order chi connectivity index (χ1) is 36.9. The minimum atomic E-state index is -1.64. The standard InChI is InChI=1S/C52H67N11O13S2/c1-28(2)42(51(73)74)60-48(70)39-27-77-78-52(3,4)43(61-44(66)34(54)25-41(64)65)50(72)62(5)40(23-29-12-7-6-8-13-29)49(71)58-38(24-31-26-55-35-15-10-9-14-33(31)35)47(69)56-36(16-11-21-53)45(67)57-37(46(68)59-39)22-30-17-19-32(20-18-30)63(75)76/h6-10,12-15,17-20,26,28,34,36-40,42-43,55H,11,16,21-25,27,53-54H2,1-5H3,(H,56,69)(H,57,67)(H,58,71)(H,59,68)(H,60,70)(H,61,66)(H,64,65)(H,73,74)/t34-,36-,37-,38-,39-,40-,42-,43-/m0/s1. The normalized spacial score (nSPS) is 21.7. The van der Waals surface area contributed by atoms with Crippen molar-refractivity contribution in [3.8, 4) is 0 Å². The number of para-hydroxylation sites is 1. The number of non-ortho nitro benzene ring substituents is 1. The second kappa shape index (κ2) is 28.2. The van der Waals surface area contributed by atoms with Crippen LogP contribution in [0.4, 0.5) is 5.69 Å². The number of carbonyl (C=O) groups is 9. The van der Waals surface area contributed by atoms with Crippen LogP contribution in [-0.4, -0.2) is 151 Å². The fraction of sp³-hybridized carbons (Fsp3) is 0.442. The SMILES string of the molecule is CC(C)[C@H](NC(=O)[C@@H]1CSSC(C)(C)[C@@H](NC(=O)[C@@H](N)CC(=O)O)C(=O)N(C)[C@@H](Cc2ccccc2)C(=O)N[C@@H](Cc2c[nH]c3ccccc23)C(=O)N[C@@H](CCCN)C(=O)N[C@@H](Cc2ccc([N+](=O)[O-])cc2)C(=O)N1)C(=O)O. The van der Waals surface area contributed by atoms with E-state index in [1.807, 2.05) is 12.1 Å². The molecule has 2 heterocycles. The zero-order valence-electron chi connectivity index (χ0n) is 43.7. The number of carbonyl (C=O) groups excluding carboxylic acids is 7. The van der Waals surface area contributed by atoms with Crippen molar-refractivity contribution in [2.75, 3.05) is 19.3 Å². The van der Waals surface area contributed by atoms with E-state index in [0.29, 0.717) is 27.6 Å². The van der Waals surface area contributed by atoms with E-state index in [9.17, 15) is 53.9 Å². The molecule has 0 unspecified atom stereocenters. The minimum absolute atomic E-state index is 0.0628. The fourth-order valence-electron chi connectivity index (χ4n) is 8.52. The first-order valence-electron chi connectivity index (χ1n) is 25.0. The fourth-order valence-corrected chi connectivity index (χ4v) is 11.3. The second-order valence-electron chi connectivity index (χ2n) is 19.7. The summed E-state index contributed by atoms with van der Waals surface area (Å²) in [6.45, 7) is 6.27. The molecule has 1 fully saturated rings. The van der Waals surface area contributed by atoms with Crippen LogP contribution in [0.3, 0.4) is 0 Å². The van der Waals surface area contributed by atoms with E-state index in [1.54, 1.807) is 76.4 Å². The molecule has 1 saturated heterocycles. The quantitative estimate of drug-likeness (QED) is 0.0380. The number of nitro groups is 1. The maximum Gasteiger partial charge on any atom is 0.326 e. The molecule has 0 radical (unpaired) electrons. The summed E-state index contributed by atoms with van der Waals surface area (Å²) in [5, 5.41) is 47.8. The summed E-state index contributed by atoms with van der Waals surface area (Å²) in [4.78, 5) is 142. The highest BCUT2D eigenvalue weighted by Crippen LogP contribution is 2.39. The summed E-state index contributed by atoms with van der Waals surface area (Å²) < 4.78 is -1.45. The van der Waals surface area contributed by atoms with Crippen LogP contribution in [0.2, 0.25) is 0 Å². The van der Waals surface area contributed by atoms with Crippen molar-refractivity contribution in [1.29, 1.82) is 0 Å². The van der Waals surface area contributed by atoms with Crippen LogP contribution in [0.1, 0.15) is 63.6 Å². The molecule has 1 aromatic heterocycles. The van der Waals surface area contributed by atoms with Gasteiger partial charge < -0.3 is 63.5 Å². The molecule has 1 aliphatic rings. The molecular weight excluding hydrogens is 1050 g/mol. The number of likely N-dealkylation sites (N-methyl/N-ethyl adjacent to an activating group) is 1. The Morgan fingerprint density at radius 3 is 2.04 bits per heavy atom. The molecule has 13 N–H and O–H groups in total. The number of benzene rings is 3. The van der Waals surface area contributed by atoms with Crippen molar-refractivity contribution in [3.05, 3.63) is 112 Å². The third-order valence-corrected chi connectivity index (χ3v) is 16.3. The number of aromatic amines is 1. The van der Waals surface area contributed by atoms with E-state index in [1.165, 1.54) is 31.3 Å². The molecule has 26 heteroatoms. The highest BCUT2D eigenvalue weighted by molar-refractivity contribution is 8.77. The number of carboxylic acid groups (broad SMARTS) is 2. The highest BCUT2D eigenvalue weighted by atomic mass is 33.1.